The average molecular weight is 403 g/mol. The van der Waals surface area contributed by atoms with E-state index in [4.69, 9.17) is 0 Å². The maximum absolute atomic E-state index is 12.1. The second-order valence-electron chi connectivity index (χ2n) is 8.46. The molecule has 2 fully saturated rings. The van der Waals surface area contributed by atoms with Crippen molar-refractivity contribution in [1.29, 1.82) is 5.26 Å². The second-order valence-corrected chi connectivity index (χ2v) is 8.46. The van der Waals surface area contributed by atoms with Gasteiger partial charge in [0.25, 0.3) is 0 Å². The Kier molecular flexibility index (Phi) is 6.47. The highest BCUT2D eigenvalue weighted by molar-refractivity contribution is 5.78. The van der Waals surface area contributed by atoms with Gasteiger partial charge in [0.1, 0.15) is 5.41 Å². The molecule has 5 heteroatoms. The molecule has 2 aromatic carbocycles. The van der Waals surface area contributed by atoms with Gasteiger partial charge in [-0.1, -0.05) is 60.7 Å². The van der Waals surface area contributed by atoms with Crippen LogP contribution in [0.1, 0.15) is 30.4 Å². The summed E-state index contributed by atoms with van der Waals surface area (Å²) < 4.78 is 0. The Morgan fingerprint density at radius 3 is 1.97 bits per heavy atom. The molecule has 0 radical (unpaired) electrons. The summed E-state index contributed by atoms with van der Waals surface area (Å²) in [5.74, 6) is 0.155. The van der Waals surface area contributed by atoms with Crippen LogP contribution < -0.4 is 5.32 Å². The van der Waals surface area contributed by atoms with Crippen LogP contribution in [0.3, 0.4) is 0 Å². The largest absolute Gasteiger partial charge is 0.352 e. The van der Waals surface area contributed by atoms with Gasteiger partial charge in [-0.2, -0.15) is 5.26 Å². The van der Waals surface area contributed by atoms with Crippen molar-refractivity contribution < 1.29 is 4.79 Å². The Hall–Kier alpha value is -2.68. The van der Waals surface area contributed by atoms with E-state index in [1.165, 1.54) is 0 Å². The lowest BCUT2D eigenvalue weighted by Gasteiger charge is -2.36. The summed E-state index contributed by atoms with van der Waals surface area (Å²) in [6.45, 7) is 5.02. The maximum Gasteiger partial charge on any atom is 0.234 e. The Morgan fingerprint density at radius 1 is 0.933 bits per heavy atom. The van der Waals surface area contributed by atoms with Crippen LogP contribution in [0.15, 0.2) is 60.7 Å². The second kappa shape index (κ2) is 9.42. The fraction of sp³-hybridized carbons (Fsp3) is 0.440. The van der Waals surface area contributed by atoms with Gasteiger partial charge >= 0.3 is 0 Å². The summed E-state index contributed by atoms with van der Waals surface area (Å²) in [6.07, 6.45) is 3.01. The molecule has 0 aromatic heterocycles. The van der Waals surface area contributed by atoms with E-state index in [1.54, 1.807) is 0 Å². The summed E-state index contributed by atoms with van der Waals surface area (Å²) >= 11 is 0. The third-order valence-electron chi connectivity index (χ3n) is 6.30. The van der Waals surface area contributed by atoms with Crippen LogP contribution in [0.25, 0.3) is 0 Å². The van der Waals surface area contributed by atoms with Crippen LogP contribution in [0.2, 0.25) is 0 Å². The topological polar surface area (TPSA) is 59.4 Å². The first-order chi connectivity index (χ1) is 14.7. The van der Waals surface area contributed by atoms with Crippen molar-refractivity contribution in [3.63, 3.8) is 0 Å². The van der Waals surface area contributed by atoms with Crippen LogP contribution >= 0.6 is 0 Å². The van der Waals surface area contributed by atoms with E-state index < -0.39 is 5.41 Å². The highest BCUT2D eigenvalue weighted by Gasteiger charge is 2.35. The molecular formula is C25H30N4O. The van der Waals surface area contributed by atoms with Crippen molar-refractivity contribution in [2.75, 3.05) is 39.3 Å². The number of nitrogens with one attached hydrogen (secondary N) is 1. The van der Waals surface area contributed by atoms with E-state index in [0.717, 1.165) is 63.1 Å². The summed E-state index contributed by atoms with van der Waals surface area (Å²) in [5, 5.41) is 13.4. The molecule has 1 saturated carbocycles. The van der Waals surface area contributed by atoms with E-state index in [-0.39, 0.29) is 5.91 Å². The minimum absolute atomic E-state index is 0.155. The highest BCUT2D eigenvalue weighted by atomic mass is 16.2. The third-order valence-corrected chi connectivity index (χ3v) is 6.30. The van der Waals surface area contributed by atoms with Gasteiger partial charge in [0.15, 0.2) is 0 Å². The van der Waals surface area contributed by atoms with Crippen LogP contribution in [-0.4, -0.2) is 61.0 Å². The predicted molar refractivity (Wildman–Crippen MR) is 118 cm³/mol. The minimum Gasteiger partial charge on any atom is -0.352 e. The number of nitriles is 1. The maximum atomic E-state index is 12.1. The quantitative estimate of drug-likeness (QED) is 0.738. The molecule has 4 rings (SSSR count). The average Bonchev–Trinajstić information content (AvgIpc) is 3.61. The molecular weight excluding hydrogens is 372 g/mol. The number of nitrogens with zero attached hydrogens (tertiary/aromatic N) is 3. The van der Waals surface area contributed by atoms with Gasteiger partial charge in [-0.05, 0) is 30.4 Å². The monoisotopic (exact) mass is 402 g/mol. The smallest absolute Gasteiger partial charge is 0.234 e. The Bertz CT molecular complexity index is 826. The van der Waals surface area contributed by atoms with E-state index in [1.807, 2.05) is 36.4 Å². The summed E-state index contributed by atoms with van der Waals surface area (Å²) in [7, 11) is 0. The molecule has 1 saturated heterocycles. The van der Waals surface area contributed by atoms with Gasteiger partial charge < -0.3 is 10.2 Å². The molecule has 2 aliphatic rings. The van der Waals surface area contributed by atoms with E-state index in [9.17, 15) is 10.1 Å². The minimum atomic E-state index is -0.649. The lowest BCUT2D eigenvalue weighted by Crippen LogP contribution is -2.50. The molecule has 1 amide bonds. The lowest BCUT2D eigenvalue weighted by atomic mass is 9.73. The van der Waals surface area contributed by atoms with Crippen molar-refractivity contribution in [1.82, 2.24) is 15.1 Å². The zero-order chi connectivity index (χ0) is 20.8. The molecule has 2 aromatic rings. The van der Waals surface area contributed by atoms with E-state index in [0.29, 0.717) is 12.6 Å². The van der Waals surface area contributed by atoms with Crippen molar-refractivity contribution in [2.45, 2.75) is 30.7 Å². The number of carbonyl (C=O) groups excluding carboxylic acids is 1. The first-order valence-electron chi connectivity index (χ1n) is 11.0. The lowest BCUT2D eigenvalue weighted by molar-refractivity contribution is -0.122. The number of rotatable bonds is 8. The van der Waals surface area contributed by atoms with Gasteiger partial charge in [0.2, 0.25) is 5.91 Å². The Morgan fingerprint density at radius 2 is 1.47 bits per heavy atom. The van der Waals surface area contributed by atoms with Crippen LogP contribution in [-0.2, 0) is 10.2 Å². The number of piperazine rings is 1. The molecule has 1 aliphatic carbocycles. The van der Waals surface area contributed by atoms with Gasteiger partial charge in [0, 0.05) is 38.8 Å². The molecule has 5 nitrogen and oxygen atoms in total. The molecule has 1 N–H and O–H groups in total. The number of carbonyl (C=O) groups is 1. The van der Waals surface area contributed by atoms with E-state index in [2.05, 4.69) is 45.5 Å². The van der Waals surface area contributed by atoms with Crippen molar-refractivity contribution in [3.05, 3.63) is 71.8 Å². The van der Waals surface area contributed by atoms with Gasteiger partial charge in [0.05, 0.1) is 12.6 Å². The fourth-order valence-electron chi connectivity index (χ4n) is 4.29. The Balaban J connectivity index is 1.38. The van der Waals surface area contributed by atoms with Crippen LogP contribution in [0.4, 0.5) is 0 Å². The first-order valence-corrected chi connectivity index (χ1v) is 11.0. The van der Waals surface area contributed by atoms with Gasteiger partial charge in [-0.3, -0.25) is 9.69 Å². The van der Waals surface area contributed by atoms with E-state index >= 15 is 0 Å². The zero-order valence-corrected chi connectivity index (χ0v) is 17.5. The molecule has 156 valence electrons. The SMILES string of the molecule is N#CC(CCN1CCN(CC(=O)NC2CC2)CC1)(c1ccccc1)c1ccccc1. The van der Waals surface area contributed by atoms with Gasteiger partial charge in [-0.15, -0.1) is 0 Å². The first kappa shape index (κ1) is 20.6. The number of benzene rings is 2. The predicted octanol–water partition coefficient (Wildman–Crippen LogP) is 2.78. The molecule has 0 atom stereocenters. The van der Waals surface area contributed by atoms with Crippen LogP contribution in [0.5, 0.6) is 0 Å². The molecule has 0 unspecified atom stereocenters. The molecule has 1 aliphatic heterocycles. The Labute approximate surface area is 179 Å². The summed E-state index contributed by atoms with van der Waals surface area (Å²) in [6, 6.07) is 23.4. The normalized spacial score (nSPS) is 18.0. The molecule has 0 spiro atoms. The molecule has 1 heterocycles. The number of hydrogen-bond acceptors (Lipinski definition) is 4. The molecule has 30 heavy (non-hydrogen) atoms. The zero-order valence-electron chi connectivity index (χ0n) is 17.5. The molecule has 0 bridgehead atoms. The standard InChI is InChI=1S/C25H30N4O/c26-20-25(21-7-3-1-4-8-21,22-9-5-2-6-10-22)13-14-28-15-17-29(18-16-28)19-24(30)27-23-11-12-23/h1-10,23H,11-19H2,(H,27,30). The van der Waals surface area contributed by atoms with Gasteiger partial charge in [-0.25, -0.2) is 0 Å². The highest BCUT2D eigenvalue weighted by Crippen LogP contribution is 2.35. The summed E-state index contributed by atoms with van der Waals surface area (Å²) in [5.41, 5.74) is 1.45. The number of hydrogen-bond donors (Lipinski definition) is 1. The van der Waals surface area contributed by atoms with Crippen molar-refractivity contribution >= 4 is 5.91 Å². The van der Waals surface area contributed by atoms with Crippen molar-refractivity contribution in [3.8, 4) is 6.07 Å². The van der Waals surface area contributed by atoms with Crippen molar-refractivity contribution in [2.24, 2.45) is 0 Å². The summed E-state index contributed by atoms with van der Waals surface area (Å²) in [4.78, 5) is 16.7. The third kappa shape index (κ3) is 4.89. The number of amides is 1. The fourth-order valence-corrected chi connectivity index (χ4v) is 4.29. The van der Waals surface area contributed by atoms with Crippen LogP contribution in [0, 0.1) is 11.3 Å².